The molecule has 140 valence electrons. The fraction of sp³-hybridized carbons (Fsp3) is 0.267. The van der Waals surface area contributed by atoms with E-state index in [1.54, 1.807) is 5.32 Å². The molecule has 1 aromatic heterocycles. The van der Waals surface area contributed by atoms with Gasteiger partial charge in [0, 0.05) is 12.3 Å². The number of thioether (sulfide) groups is 1. The highest BCUT2D eigenvalue weighted by atomic mass is 32.2. The van der Waals surface area contributed by atoms with Crippen molar-refractivity contribution in [3.63, 3.8) is 0 Å². The van der Waals surface area contributed by atoms with E-state index in [-0.39, 0.29) is 11.0 Å². The Morgan fingerprint density at radius 3 is 2.35 bits per heavy atom. The number of ether oxygens (including phenoxy) is 1. The summed E-state index contributed by atoms with van der Waals surface area (Å²) in [5.74, 6) is -12.0. The zero-order valence-electron chi connectivity index (χ0n) is 13.3. The fourth-order valence-corrected chi connectivity index (χ4v) is 2.32. The molecule has 2 aromatic rings. The standard InChI is InChI=1S/C15H12F5N3O2S/c1-2-5-25-8-3-4-21-15(23-8)26-6-7(24)22-14-12(19)10(17)9(16)11(18)13(14)20/h3-4H,2,5-6H2,1H3,(H,22,24). The molecule has 5 nitrogen and oxygen atoms in total. The number of carbonyl (C=O) groups excluding carboxylic acids is 1. The van der Waals surface area contributed by atoms with Gasteiger partial charge in [-0.1, -0.05) is 18.7 Å². The molecule has 1 aromatic carbocycles. The molecule has 0 atom stereocenters. The van der Waals surface area contributed by atoms with Gasteiger partial charge < -0.3 is 10.1 Å². The number of benzene rings is 1. The molecule has 0 saturated heterocycles. The van der Waals surface area contributed by atoms with E-state index in [0.29, 0.717) is 6.61 Å². The summed E-state index contributed by atoms with van der Waals surface area (Å²) in [6.07, 6.45) is 2.15. The average Bonchev–Trinajstić information content (AvgIpc) is 2.65. The number of carbonyl (C=O) groups is 1. The summed E-state index contributed by atoms with van der Waals surface area (Å²) in [5.41, 5.74) is -1.41. The SMILES string of the molecule is CCCOc1ccnc(SCC(=O)Nc2c(F)c(F)c(F)c(F)c2F)n1. The monoisotopic (exact) mass is 393 g/mol. The molecule has 2 rings (SSSR count). The average molecular weight is 393 g/mol. The van der Waals surface area contributed by atoms with Crippen LogP contribution in [0.3, 0.4) is 0 Å². The summed E-state index contributed by atoms with van der Waals surface area (Å²) in [4.78, 5) is 19.6. The number of halogens is 5. The van der Waals surface area contributed by atoms with Crippen molar-refractivity contribution in [1.29, 1.82) is 0 Å². The molecule has 1 heterocycles. The largest absolute Gasteiger partial charge is 0.478 e. The number of aromatic nitrogens is 2. The summed E-state index contributed by atoms with van der Waals surface area (Å²) in [6, 6.07) is 1.51. The highest BCUT2D eigenvalue weighted by Gasteiger charge is 2.26. The maximum Gasteiger partial charge on any atom is 0.235 e. The van der Waals surface area contributed by atoms with Crippen molar-refractivity contribution in [3.05, 3.63) is 41.3 Å². The van der Waals surface area contributed by atoms with Gasteiger partial charge in [-0.2, -0.15) is 4.98 Å². The maximum absolute atomic E-state index is 13.5. The Morgan fingerprint density at radius 1 is 1.12 bits per heavy atom. The van der Waals surface area contributed by atoms with Crippen molar-refractivity contribution in [2.75, 3.05) is 17.7 Å². The smallest absolute Gasteiger partial charge is 0.235 e. The maximum atomic E-state index is 13.5. The van der Waals surface area contributed by atoms with Gasteiger partial charge in [-0.05, 0) is 6.42 Å². The zero-order chi connectivity index (χ0) is 19.3. The van der Waals surface area contributed by atoms with Crippen molar-refractivity contribution in [2.45, 2.75) is 18.5 Å². The van der Waals surface area contributed by atoms with E-state index in [4.69, 9.17) is 4.74 Å². The van der Waals surface area contributed by atoms with E-state index in [9.17, 15) is 26.7 Å². The van der Waals surface area contributed by atoms with Crippen molar-refractivity contribution in [3.8, 4) is 5.88 Å². The Morgan fingerprint density at radius 2 is 1.73 bits per heavy atom. The second kappa shape index (κ2) is 8.79. The molecule has 0 radical (unpaired) electrons. The molecule has 0 unspecified atom stereocenters. The van der Waals surface area contributed by atoms with Gasteiger partial charge in [-0.25, -0.2) is 26.9 Å². The van der Waals surface area contributed by atoms with Crippen LogP contribution >= 0.6 is 11.8 Å². The number of hydrogen-bond donors (Lipinski definition) is 1. The van der Waals surface area contributed by atoms with Crippen LogP contribution < -0.4 is 10.1 Å². The second-order valence-electron chi connectivity index (χ2n) is 4.81. The molecule has 0 aliphatic heterocycles. The van der Waals surface area contributed by atoms with Crippen LogP contribution in [-0.4, -0.2) is 28.2 Å². The van der Waals surface area contributed by atoms with Gasteiger partial charge in [0.05, 0.1) is 12.4 Å². The highest BCUT2D eigenvalue weighted by Crippen LogP contribution is 2.27. The van der Waals surface area contributed by atoms with E-state index in [1.807, 2.05) is 6.92 Å². The predicted molar refractivity (Wildman–Crippen MR) is 83.4 cm³/mol. The van der Waals surface area contributed by atoms with E-state index in [2.05, 4.69) is 9.97 Å². The lowest BCUT2D eigenvalue weighted by Crippen LogP contribution is -2.18. The van der Waals surface area contributed by atoms with E-state index in [1.165, 1.54) is 12.3 Å². The van der Waals surface area contributed by atoms with Gasteiger partial charge in [0.15, 0.2) is 28.4 Å². The minimum absolute atomic E-state index is 0.145. The lowest BCUT2D eigenvalue weighted by Gasteiger charge is -2.09. The predicted octanol–water partition coefficient (Wildman–Crippen LogP) is 3.69. The third-order valence-electron chi connectivity index (χ3n) is 2.87. The molecule has 0 fully saturated rings. The first-order chi connectivity index (χ1) is 12.3. The Kier molecular flexibility index (Phi) is 6.72. The molecule has 0 bridgehead atoms. The van der Waals surface area contributed by atoms with Crippen LogP contribution in [0.25, 0.3) is 0 Å². The number of hydrogen-bond acceptors (Lipinski definition) is 5. The third kappa shape index (κ3) is 4.59. The van der Waals surface area contributed by atoms with Crippen molar-refractivity contribution < 1.29 is 31.5 Å². The lowest BCUT2D eigenvalue weighted by molar-refractivity contribution is -0.113. The van der Waals surface area contributed by atoms with Crippen LogP contribution in [0.5, 0.6) is 5.88 Å². The Hall–Kier alpha value is -2.43. The van der Waals surface area contributed by atoms with Gasteiger partial charge in [0.1, 0.15) is 5.69 Å². The number of rotatable bonds is 7. The topological polar surface area (TPSA) is 64.1 Å². The first-order valence-corrected chi connectivity index (χ1v) is 8.23. The van der Waals surface area contributed by atoms with E-state index in [0.717, 1.165) is 18.2 Å². The number of anilines is 1. The molecule has 0 saturated carbocycles. The molecule has 26 heavy (non-hydrogen) atoms. The Labute approximate surface area is 149 Å². The summed E-state index contributed by atoms with van der Waals surface area (Å²) in [5, 5.41) is 1.81. The van der Waals surface area contributed by atoms with Gasteiger partial charge in [-0.3, -0.25) is 4.79 Å². The molecular formula is C15H12F5N3O2S. The summed E-state index contributed by atoms with van der Waals surface area (Å²) in [7, 11) is 0. The van der Waals surface area contributed by atoms with E-state index >= 15 is 0 Å². The van der Waals surface area contributed by atoms with Gasteiger partial charge in [0.25, 0.3) is 0 Å². The van der Waals surface area contributed by atoms with E-state index < -0.39 is 46.4 Å². The molecular weight excluding hydrogens is 381 g/mol. The first-order valence-electron chi connectivity index (χ1n) is 7.25. The van der Waals surface area contributed by atoms with Crippen molar-refractivity contribution >= 4 is 23.4 Å². The zero-order valence-corrected chi connectivity index (χ0v) is 14.1. The molecule has 0 aliphatic rings. The summed E-state index contributed by atoms with van der Waals surface area (Å²) < 4.78 is 71.5. The number of nitrogens with one attached hydrogen (secondary N) is 1. The molecule has 11 heteroatoms. The fourth-order valence-electron chi connectivity index (χ4n) is 1.70. The van der Waals surface area contributed by atoms with Crippen molar-refractivity contribution in [1.82, 2.24) is 9.97 Å². The molecule has 0 spiro atoms. The van der Waals surface area contributed by atoms with Gasteiger partial charge in [-0.15, -0.1) is 0 Å². The van der Waals surface area contributed by atoms with Crippen LogP contribution in [0.1, 0.15) is 13.3 Å². The molecule has 1 N–H and O–H groups in total. The first kappa shape index (κ1) is 19.9. The molecule has 1 amide bonds. The lowest BCUT2D eigenvalue weighted by atomic mass is 10.2. The Bertz CT molecular complexity index is 793. The van der Waals surface area contributed by atoms with Crippen LogP contribution in [-0.2, 0) is 4.79 Å². The van der Waals surface area contributed by atoms with Gasteiger partial charge in [0.2, 0.25) is 17.6 Å². The van der Waals surface area contributed by atoms with Crippen molar-refractivity contribution in [2.24, 2.45) is 0 Å². The molecule has 0 aliphatic carbocycles. The number of amides is 1. The third-order valence-corrected chi connectivity index (χ3v) is 3.73. The van der Waals surface area contributed by atoms with Crippen LogP contribution in [0.15, 0.2) is 17.4 Å². The minimum atomic E-state index is -2.30. The van der Waals surface area contributed by atoms with Gasteiger partial charge >= 0.3 is 0 Å². The summed E-state index contributed by atoms with van der Waals surface area (Å²) in [6.45, 7) is 2.34. The normalized spacial score (nSPS) is 10.7. The van der Waals surface area contributed by atoms with Crippen LogP contribution in [0, 0.1) is 29.1 Å². The second-order valence-corrected chi connectivity index (χ2v) is 5.75. The van der Waals surface area contributed by atoms with Crippen LogP contribution in [0.4, 0.5) is 27.6 Å². The highest BCUT2D eigenvalue weighted by molar-refractivity contribution is 7.99. The minimum Gasteiger partial charge on any atom is -0.478 e. The number of nitrogens with zero attached hydrogens (tertiary/aromatic N) is 2. The quantitative estimate of drug-likeness (QED) is 0.256. The Balaban J connectivity index is 2.04. The summed E-state index contributed by atoms with van der Waals surface area (Å²) >= 11 is 0.798. The van der Waals surface area contributed by atoms with Crippen LogP contribution in [0.2, 0.25) is 0 Å².